The van der Waals surface area contributed by atoms with Crippen molar-refractivity contribution in [3.8, 4) is 0 Å². The Labute approximate surface area is 215 Å². The van der Waals surface area contributed by atoms with Crippen molar-refractivity contribution in [2.24, 2.45) is 0 Å². The van der Waals surface area contributed by atoms with Gasteiger partial charge in [-0.25, -0.2) is 4.39 Å². The van der Waals surface area contributed by atoms with Gasteiger partial charge in [-0.3, -0.25) is 19.3 Å². The van der Waals surface area contributed by atoms with Crippen LogP contribution in [0, 0.1) is 12.7 Å². The third-order valence-corrected chi connectivity index (χ3v) is 7.48. The number of hydrogen-bond donors (Lipinski definition) is 1. The third kappa shape index (κ3) is 5.24. The second-order valence-electron chi connectivity index (χ2n) is 10.0. The van der Waals surface area contributed by atoms with E-state index in [1.54, 1.807) is 28.0 Å². The van der Waals surface area contributed by atoms with Crippen molar-refractivity contribution in [2.45, 2.75) is 50.5 Å². The molecule has 3 saturated heterocycles. The van der Waals surface area contributed by atoms with E-state index >= 15 is 0 Å². The maximum absolute atomic E-state index is 13.8. The number of rotatable bonds is 5. The number of nitrogens with zero attached hydrogens (tertiary/aromatic N) is 2. The van der Waals surface area contributed by atoms with Gasteiger partial charge in [0.1, 0.15) is 17.6 Å². The van der Waals surface area contributed by atoms with Crippen LogP contribution in [0.3, 0.4) is 0 Å². The summed E-state index contributed by atoms with van der Waals surface area (Å²) in [6.07, 6.45) is 2.55. The molecule has 3 heterocycles. The van der Waals surface area contributed by atoms with Gasteiger partial charge in [0, 0.05) is 50.2 Å². The normalized spacial score (nSPS) is 22.9. The Hall–Kier alpha value is -3.30. The largest absolute Gasteiger partial charge is 0.376 e. The van der Waals surface area contributed by atoms with Gasteiger partial charge in [0.2, 0.25) is 5.91 Å². The highest BCUT2D eigenvalue weighted by molar-refractivity contribution is 5.99. The molecule has 8 nitrogen and oxygen atoms in total. The van der Waals surface area contributed by atoms with Crippen LogP contribution < -0.4 is 5.32 Å². The number of halogens is 1. The van der Waals surface area contributed by atoms with Crippen LogP contribution in [0.2, 0.25) is 0 Å². The van der Waals surface area contributed by atoms with E-state index in [4.69, 9.17) is 9.47 Å². The average molecular weight is 510 g/mol. The number of amides is 3. The van der Waals surface area contributed by atoms with E-state index in [1.165, 1.54) is 18.2 Å². The number of nitrogens with one attached hydrogen (secondary N) is 1. The lowest BCUT2D eigenvalue weighted by Gasteiger charge is -2.44. The molecule has 0 aromatic heterocycles. The molecule has 0 aliphatic carbocycles. The third-order valence-electron chi connectivity index (χ3n) is 7.48. The van der Waals surface area contributed by atoms with Crippen molar-refractivity contribution in [2.75, 3.05) is 32.8 Å². The minimum absolute atomic E-state index is 0.0155. The first kappa shape index (κ1) is 25.4. The first-order chi connectivity index (χ1) is 17.9. The quantitative estimate of drug-likeness (QED) is 0.670. The summed E-state index contributed by atoms with van der Waals surface area (Å²) in [5.74, 6) is -1.28. The molecule has 3 amide bonds. The summed E-state index contributed by atoms with van der Waals surface area (Å²) in [7, 11) is 0. The zero-order chi connectivity index (χ0) is 26.0. The second kappa shape index (κ2) is 10.6. The van der Waals surface area contributed by atoms with Crippen molar-refractivity contribution in [1.29, 1.82) is 0 Å². The second-order valence-corrected chi connectivity index (χ2v) is 10.0. The van der Waals surface area contributed by atoms with Gasteiger partial charge in [0.25, 0.3) is 11.8 Å². The van der Waals surface area contributed by atoms with Crippen LogP contribution in [0.1, 0.15) is 52.0 Å². The Morgan fingerprint density at radius 2 is 1.78 bits per heavy atom. The Balaban J connectivity index is 1.35. The molecule has 3 aliphatic heterocycles. The summed E-state index contributed by atoms with van der Waals surface area (Å²) in [6.45, 7) is 3.71. The molecule has 196 valence electrons. The lowest BCUT2D eigenvalue weighted by atomic mass is 9.95. The minimum Gasteiger partial charge on any atom is -0.376 e. The van der Waals surface area contributed by atoms with E-state index in [0.717, 1.165) is 18.4 Å². The van der Waals surface area contributed by atoms with Crippen LogP contribution in [0.25, 0.3) is 0 Å². The first-order valence-electron chi connectivity index (χ1n) is 12.8. The highest BCUT2D eigenvalue weighted by atomic mass is 19.1. The predicted molar refractivity (Wildman–Crippen MR) is 133 cm³/mol. The molecule has 9 heteroatoms. The lowest BCUT2D eigenvalue weighted by Crippen LogP contribution is -2.60. The number of aryl methyl sites for hydroxylation is 1. The molecule has 37 heavy (non-hydrogen) atoms. The Bertz CT molecular complexity index is 1170. The van der Waals surface area contributed by atoms with Crippen LogP contribution in [0.4, 0.5) is 4.39 Å². The fourth-order valence-corrected chi connectivity index (χ4v) is 5.48. The summed E-state index contributed by atoms with van der Waals surface area (Å²) < 4.78 is 25.5. The molecule has 0 saturated carbocycles. The zero-order valence-electron chi connectivity index (χ0n) is 21.0. The number of carbonyl (C=O) groups excluding carboxylic acids is 3. The number of carbonyl (C=O) groups is 3. The van der Waals surface area contributed by atoms with Crippen LogP contribution in [-0.2, 0) is 14.3 Å². The van der Waals surface area contributed by atoms with Gasteiger partial charge in [0.15, 0.2) is 0 Å². The van der Waals surface area contributed by atoms with Crippen molar-refractivity contribution >= 4 is 17.7 Å². The van der Waals surface area contributed by atoms with Crippen molar-refractivity contribution in [3.05, 3.63) is 71.0 Å². The SMILES string of the molecule is Cc1cccc(C(=O)N2[C@@H](C(=O)NC[C@H]3CCCO3)COC23CCN(C(=O)c2cccc(F)c2)CC3)c1. The standard InChI is InChI=1S/C28H32FN3O5/c1-19-5-2-6-20(15-19)27(35)32-24(25(33)30-17-23-9-4-14-36-23)18-37-28(32)10-12-31(13-11-28)26(34)21-7-3-8-22(29)16-21/h2-3,5-8,15-16,23-24H,4,9-14,17-18H2,1H3,(H,30,33)/t23-,24-/m1/s1. The van der Waals surface area contributed by atoms with Crippen LogP contribution in [-0.4, -0.2) is 78.2 Å². The van der Waals surface area contributed by atoms with Gasteiger partial charge < -0.3 is 19.7 Å². The maximum atomic E-state index is 13.8. The molecule has 0 radical (unpaired) electrons. The maximum Gasteiger partial charge on any atom is 0.256 e. The Morgan fingerprint density at radius 3 is 2.46 bits per heavy atom. The first-order valence-corrected chi connectivity index (χ1v) is 12.8. The summed E-state index contributed by atoms with van der Waals surface area (Å²) in [5, 5.41) is 2.95. The summed E-state index contributed by atoms with van der Waals surface area (Å²) in [4.78, 5) is 43.3. The van der Waals surface area contributed by atoms with Crippen LogP contribution in [0.15, 0.2) is 48.5 Å². The van der Waals surface area contributed by atoms with E-state index in [-0.39, 0.29) is 36.0 Å². The van der Waals surface area contributed by atoms with Crippen molar-refractivity contribution in [3.63, 3.8) is 0 Å². The molecular weight excluding hydrogens is 477 g/mol. The molecule has 0 bridgehead atoms. The molecule has 3 fully saturated rings. The topological polar surface area (TPSA) is 88.2 Å². The number of benzene rings is 2. The van der Waals surface area contributed by atoms with Gasteiger partial charge in [-0.05, 0) is 50.1 Å². The Morgan fingerprint density at radius 1 is 1.05 bits per heavy atom. The number of likely N-dealkylation sites (tertiary alicyclic amines) is 1. The van der Waals surface area contributed by atoms with E-state index < -0.39 is 17.6 Å². The van der Waals surface area contributed by atoms with E-state index in [2.05, 4.69) is 5.32 Å². The number of hydrogen-bond acceptors (Lipinski definition) is 5. The molecule has 5 rings (SSSR count). The number of ether oxygens (including phenoxy) is 2. The summed E-state index contributed by atoms with van der Waals surface area (Å²) >= 11 is 0. The van der Waals surface area contributed by atoms with Crippen LogP contribution >= 0.6 is 0 Å². The lowest BCUT2D eigenvalue weighted by molar-refractivity contribution is -0.128. The van der Waals surface area contributed by atoms with Crippen molar-refractivity contribution in [1.82, 2.24) is 15.1 Å². The Kier molecular flexibility index (Phi) is 7.26. The average Bonchev–Trinajstić information content (AvgIpc) is 3.55. The van der Waals surface area contributed by atoms with Gasteiger partial charge in [-0.15, -0.1) is 0 Å². The molecule has 2 aromatic rings. The van der Waals surface area contributed by atoms with E-state index in [9.17, 15) is 18.8 Å². The molecule has 3 aliphatic rings. The summed E-state index contributed by atoms with van der Waals surface area (Å²) in [6, 6.07) is 12.1. The molecular formula is C28H32FN3O5. The fourth-order valence-electron chi connectivity index (χ4n) is 5.48. The monoisotopic (exact) mass is 509 g/mol. The van der Waals surface area contributed by atoms with Crippen LogP contribution in [0.5, 0.6) is 0 Å². The minimum atomic E-state index is -1.01. The van der Waals surface area contributed by atoms with Gasteiger partial charge >= 0.3 is 0 Å². The summed E-state index contributed by atoms with van der Waals surface area (Å²) in [5.41, 5.74) is 0.697. The highest BCUT2D eigenvalue weighted by Crippen LogP contribution is 2.39. The van der Waals surface area contributed by atoms with Gasteiger partial charge in [-0.1, -0.05) is 23.8 Å². The molecule has 0 unspecified atom stereocenters. The molecule has 2 atom stereocenters. The van der Waals surface area contributed by atoms with Crippen molar-refractivity contribution < 1.29 is 28.2 Å². The fraction of sp³-hybridized carbons (Fsp3) is 0.464. The van der Waals surface area contributed by atoms with Gasteiger partial charge in [0.05, 0.1) is 12.7 Å². The molecule has 1 N–H and O–H groups in total. The van der Waals surface area contributed by atoms with E-state index in [1.807, 2.05) is 19.1 Å². The molecule has 1 spiro atoms. The molecule has 2 aromatic carbocycles. The smallest absolute Gasteiger partial charge is 0.256 e. The van der Waals surface area contributed by atoms with Gasteiger partial charge in [-0.2, -0.15) is 0 Å². The zero-order valence-corrected chi connectivity index (χ0v) is 21.0. The highest BCUT2D eigenvalue weighted by Gasteiger charge is 2.54. The van der Waals surface area contributed by atoms with E-state index in [0.29, 0.717) is 44.6 Å². The number of piperidine rings is 1. The predicted octanol–water partition coefficient (Wildman–Crippen LogP) is 2.90.